The largest absolute Gasteiger partial charge is 0.270 e. The number of rotatable bonds is 2. The Kier molecular flexibility index (Phi) is 3.02. The predicted octanol–water partition coefficient (Wildman–Crippen LogP) is 2.84. The fraction of sp³-hybridized carbons (Fsp3) is 0.0769. The summed E-state index contributed by atoms with van der Waals surface area (Å²) in [6, 6.07) is 9.86. The van der Waals surface area contributed by atoms with E-state index in [1.165, 1.54) is 12.1 Å². The number of nitrogens with zero attached hydrogens (tertiary/aromatic N) is 3. The molecule has 0 spiro atoms. The molecule has 0 saturated heterocycles. The highest BCUT2D eigenvalue weighted by Gasteiger charge is 2.11. The second-order valence-corrected chi connectivity index (χ2v) is 3.78. The first kappa shape index (κ1) is 11.7. The molecule has 0 atom stereocenters. The second-order valence-electron chi connectivity index (χ2n) is 3.78. The lowest BCUT2D eigenvalue weighted by molar-refractivity contribution is -0.384. The van der Waals surface area contributed by atoms with Crippen molar-refractivity contribution in [2.45, 2.75) is 6.92 Å². The van der Waals surface area contributed by atoms with E-state index >= 15 is 0 Å². The Morgan fingerprint density at radius 2 is 2.11 bits per heavy atom. The molecule has 0 bridgehead atoms. The number of nitriles is 1. The number of nitro groups is 1. The zero-order valence-corrected chi connectivity index (χ0v) is 9.62. The minimum atomic E-state index is -0.511. The van der Waals surface area contributed by atoms with Crippen LogP contribution in [0.4, 0.5) is 5.69 Å². The van der Waals surface area contributed by atoms with Crippen molar-refractivity contribution in [3.8, 4) is 17.2 Å². The summed E-state index contributed by atoms with van der Waals surface area (Å²) in [5, 5.41) is 19.7. The lowest BCUT2D eigenvalue weighted by atomic mass is 10.00. The number of nitro benzene ring substituents is 1. The van der Waals surface area contributed by atoms with E-state index in [-0.39, 0.29) is 11.3 Å². The van der Waals surface area contributed by atoms with Gasteiger partial charge in [-0.15, -0.1) is 0 Å². The molecular formula is C13H9N3O2. The lowest BCUT2D eigenvalue weighted by Gasteiger charge is -2.04. The third-order valence-corrected chi connectivity index (χ3v) is 2.54. The molecule has 1 heterocycles. The van der Waals surface area contributed by atoms with Crippen molar-refractivity contribution in [2.24, 2.45) is 0 Å². The molecule has 2 rings (SSSR count). The van der Waals surface area contributed by atoms with E-state index in [2.05, 4.69) is 4.98 Å². The Labute approximate surface area is 103 Å². The third-order valence-electron chi connectivity index (χ3n) is 2.54. The van der Waals surface area contributed by atoms with Crippen LogP contribution in [-0.4, -0.2) is 9.91 Å². The van der Waals surface area contributed by atoms with Gasteiger partial charge >= 0.3 is 0 Å². The molecule has 0 saturated carbocycles. The Morgan fingerprint density at radius 3 is 2.72 bits per heavy atom. The Balaban J connectivity index is 2.59. The molecule has 0 N–H and O–H groups in total. The highest BCUT2D eigenvalue weighted by Crippen LogP contribution is 2.26. The summed E-state index contributed by atoms with van der Waals surface area (Å²) in [6.45, 7) is 1.85. The first-order valence-corrected chi connectivity index (χ1v) is 5.23. The van der Waals surface area contributed by atoms with Gasteiger partial charge in [0.1, 0.15) is 6.07 Å². The maximum atomic E-state index is 10.7. The van der Waals surface area contributed by atoms with Gasteiger partial charge in [0.25, 0.3) is 5.69 Å². The van der Waals surface area contributed by atoms with E-state index in [9.17, 15) is 10.1 Å². The fourth-order valence-electron chi connectivity index (χ4n) is 1.70. The van der Waals surface area contributed by atoms with E-state index in [0.29, 0.717) is 5.56 Å². The number of hydrogen-bond donors (Lipinski definition) is 0. The predicted molar refractivity (Wildman–Crippen MR) is 65.8 cm³/mol. The average Bonchev–Trinajstić information content (AvgIpc) is 2.37. The normalized spacial score (nSPS) is 9.78. The highest BCUT2D eigenvalue weighted by molar-refractivity contribution is 5.72. The van der Waals surface area contributed by atoms with Crippen molar-refractivity contribution >= 4 is 5.69 Å². The lowest BCUT2D eigenvalue weighted by Crippen LogP contribution is -1.92. The van der Waals surface area contributed by atoms with Crippen LogP contribution in [0.1, 0.15) is 11.3 Å². The Hall–Kier alpha value is -2.74. The molecule has 0 aliphatic rings. The molecule has 18 heavy (non-hydrogen) atoms. The minimum Gasteiger partial charge on any atom is -0.262 e. The maximum absolute atomic E-state index is 10.7. The van der Waals surface area contributed by atoms with Gasteiger partial charge in [0.15, 0.2) is 0 Å². The van der Waals surface area contributed by atoms with Gasteiger partial charge in [-0.25, -0.2) is 0 Å². The van der Waals surface area contributed by atoms with Gasteiger partial charge in [0.2, 0.25) is 0 Å². The number of aromatic nitrogens is 1. The first-order chi connectivity index (χ1) is 8.61. The van der Waals surface area contributed by atoms with Crippen LogP contribution in [0.15, 0.2) is 36.5 Å². The zero-order chi connectivity index (χ0) is 13.1. The summed E-state index contributed by atoms with van der Waals surface area (Å²) < 4.78 is 0. The van der Waals surface area contributed by atoms with E-state index in [4.69, 9.17) is 5.26 Å². The molecule has 0 fully saturated rings. The van der Waals surface area contributed by atoms with Gasteiger partial charge in [-0.2, -0.15) is 5.26 Å². The zero-order valence-electron chi connectivity index (χ0n) is 9.62. The van der Waals surface area contributed by atoms with Crippen molar-refractivity contribution in [3.63, 3.8) is 0 Å². The van der Waals surface area contributed by atoms with Crippen LogP contribution < -0.4 is 0 Å². The van der Waals surface area contributed by atoms with Gasteiger partial charge in [-0.1, -0.05) is 0 Å². The molecule has 88 valence electrons. The first-order valence-electron chi connectivity index (χ1n) is 5.23. The number of hydrogen-bond acceptors (Lipinski definition) is 4. The molecule has 1 aromatic heterocycles. The van der Waals surface area contributed by atoms with Crippen LogP contribution >= 0.6 is 0 Å². The van der Waals surface area contributed by atoms with Crippen molar-refractivity contribution in [1.82, 2.24) is 4.98 Å². The Morgan fingerprint density at radius 1 is 1.33 bits per heavy atom. The number of pyridine rings is 1. The summed E-state index contributed by atoms with van der Waals surface area (Å²) in [7, 11) is 0. The van der Waals surface area contributed by atoms with E-state index in [1.54, 1.807) is 18.3 Å². The summed E-state index contributed by atoms with van der Waals surface area (Å²) >= 11 is 0. The van der Waals surface area contributed by atoms with Gasteiger partial charge in [0.05, 0.1) is 10.5 Å². The summed E-state index contributed by atoms with van der Waals surface area (Å²) in [4.78, 5) is 14.2. The molecule has 0 aliphatic carbocycles. The van der Waals surface area contributed by atoms with E-state index < -0.39 is 4.92 Å². The average molecular weight is 239 g/mol. The maximum Gasteiger partial charge on any atom is 0.270 e. The number of aryl methyl sites for hydroxylation is 1. The van der Waals surface area contributed by atoms with E-state index in [1.807, 2.05) is 19.1 Å². The Bertz CT molecular complexity index is 660. The minimum absolute atomic E-state index is 0.0823. The quantitative estimate of drug-likeness (QED) is 0.596. The fourth-order valence-corrected chi connectivity index (χ4v) is 1.70. The molecular weight excluding hydrogens is 230 g/mol. The number of non-ortho nitro benzene ring substituents is 1. The van der Waals surface area contributed by atoms with Gasteiger partial charge in [-0.3, -0.25) is 15.1 Å². The van der Waals surface area contributed by atoms with Crippen molar-refractivity contribution in [3.05, 3.63) is 57.9 Å². The molecule has 0 unspecified atom stereocenters. The van der Waals surface area contributed by atoms with Gasteiger partial charge in [-0.05, 0) is 30.7 Å². The molecule has 0 amide bonds. The smallest absolute Gasteiger partial charge is 0.262 e. The molecule has 0 aliphatic heterocycles. The molecule has 5 nitrogen and oxygen atoms in total. The van der Waals surface area contributed by atoms with Crippen LogP contribution in [0.25, 0.3) is 11.1 Å². The SMILES string of the molecule is Cc1cc(-c2ccc([N+](=O)[O-])cc2C#N)ccn1. The van der Waals surface area contributed by atoms with Crippen molar-refractivity contribution in [2.75, 3.05) is 0 Å². The van der Waals surface area contributed by atoms with Crippen molar-refractivity contribution < 1.29 is 4.92 Å². The van der Waals surface area contributed by atoms with E-state index in [0.717, 1.165) is 11.3 Å². The molecule has 0 radical (unpaired) electrons. The van der Waals surface area contributed by atoms with Crippen LogP contribution in [0.3, 0.4) is 0 Å². The van der Waals surface area contributed by atoms with Crippen LogP contribution in [-0.2, 0) is 0 Å². The van der Waals surface area contributed by atoms with Crippen LogP contribution in [0, 0.1) is 28.4 Å². The molecule has 5 heteroatoms. The summed E-state index contributed by atoms with van der Waals surface area (Å²) in [5.74, 6) is 0. The standard InChI is InChI=1S/C13H9N3O2/c1-9-6-10(4-5-15-9)13-3-2-12(16(17)18)7-11(13)8-14/h2-7H,1H3. The molecule has 1 aromatic carbocycles. The summed E-state index contributed by atoms with van der Waals surface area (Å²) in [6.07, 6.45) is 1.65. The van der Waals surface area contributed by atoms with Crippen molar-refractivity contribution in [1.29, 1.82) is 5.26 Å². The monoisotopic (exact) mass is 239 g/mol. The summed E-state index contributed by atoms with van der Waals surface area (Å²) in [5.41, 5.74) is 2.54. The third kappa shape index (κ3) is 2.18. The topological polar surface area (TPSA) is 79.8 Å². The molecule has 2 aromatic rings. The van der Waals surface area contributed by atoms with Gasteiger partial charge < -0.3 is 0 Å². The second kappa shape index (κ2) is 4.63. The van der Waals surface area contributed by atoms with Crippen LogP contribution in [0.5, 0.6) is 0 Å². The number of benzene rings is 1. The van der Waals surface area contributed by atoms with Crippen LogP contribution in [0.2, 0.25) is 0 Å². The highest BCUT2D eigenvalue weighted by atomic mass is 16.6. The van der Waals surface area contributed by atoms with Gasteiger partial charge in [0, 0.05) is 29.6 Å².